The van der Waals surface area contributed by atoms with Crippen LogP contribution in [0.1, 0.15) is 6.92 Å². The Balaban J connectivity index is 2.28. The van der Waals surface area contributed by atoms with Crippen LogP contribution in [0, 0.1) is 11.8 Å². The zero-order valence-corrected chi connectivity index (χ0v) is 7.32. The predicted octanol–water partition coefficient (Wildman–Crippen LogP) is -0.582. The standard InChI is InChI=1S/C8H10N4O/c1-2-3-4-9-8(13)7-12-6-5-10-11-12/h5-6H,4,7H2,1H3,(H,9,13). The van der Waals surface area contributed by atoms with Crippen LogP contribution in [-0.4, -0.2) is 27.4 Å². The number of nitrogens with one attached hydrogen (secondary N) is 1. The van der Waals surface area contributed by atoms with Crippen LogP contribution in [0.25, 0.3) is 0 Å². The lowest BCUT2D eigenvalue weighted by atomic mass is 10.5. The van der Waals surface area contributed by atoms with Crippen LogP contribution in [-0.2, 0) is 11.3 Å². The average molecular weight is 178 g/mol. The fraction of sp³-hybridized carbons (Fsp3) is 0.375. The second-order valence-electron chi connectivity index (χ2n) is 2.30. The Bertz CT molecular complexity index is 320. The van der Waals surface area contributed by atoms with E-state index >= 15 is 0 Å². The minimum Gasteiger partial charge on any atom is -0.344 e. The molecule has 13 heavy (non-hydrogen) atoms. The van der Waals surface area contributed by atoms with Gasteiger partial charge in [0.2, 0.25) is 5.91 Å². The molecular formula is C8H10N4O. The third-order valence-electron chi connectivity index (χ3n) is 1.33. The summed E-state index contributed by atoms with van der Waals surface area (Å²) < 4.78 is 1.45. The largest absolute Gasteiger partial charge is 0.344 e. The number of amides is 1. The second-order valence-corrected chi connectivity index (χ2v) is 2.30. The van der Waals surface area contributed by atoms with Crippen molar-refractivity contribution >= 4 is 5.91 Å². The van der Waals surface area contributed by atoms with Crippen molar-refractivity contribution in [2.45, 2.75) is 13.5 Å². The van der Waals surface area contributed by atoms with Gasteiger partial charge in [-0.15, -0.1) is 11.0 Å². The summed E-state index contributed by atoms with van der Waals surface area (Å²) in [5, 5.41) is 9.85. The first-order valence-corrected chi connectivity index (χ1v) is 3.83. The summed E-state index contributed by atoms with van der Waals surface area (Å²) in [6.07, 6.45) is 3.16. The Morgan fingerprint density at radius 3 is 3.15 bits per heavy atom. The molecule has 1 aromatic rings. The summed E-state index contributed by atoms with van der Waals surface area (Å²) in [5.74, 6) is 5.30. The second kappa shape index (κ2) is 4.93. The summed E-state index contributed by atoms with van der Waals surface area (Å²) in [5.41, 5.74) is 0. The van der Waals surface area contributed by atoms with Gasteiger partial charge in [0.25, 0.3) is 0 Å². The zero-order valence-electron chi connectivity index (χ0n) is 7.32. The van der Waals surface area contributed by atoms with Gasteiger partial charge in [-0.2, -0.15) is 0 Å². The van der Waals surface area contributed by atoms with Gasteiger partial charge in [-0.05, 0) is 6.92 Å². The topological polar surface area (TPSA) is 59.8 Å². The molecule has 0 saturated carbocycles. The highest BCUT2D eigenvalue weighted by molar-refractivity contribution is 5.75. The van der Waals surface area contributed by atoms with Crippen molar-refractivity contribution in [2.24, 2.45) is 0 Å². The Morgan fingerprint density at radius 2 is 2.54 bits per heavy atom. The van der Waals surface area contributed by atoms with Crippen molar-refractivity contribution in [3.63, 3.8) is 0 Å². The molecule has 1 rings (SSSR count). The van der Waals surface area contributed by atoms with Crippen molar-refractivity contribution in [2.75, 3.05) is 6.54 Å². The maximum Gasteiger partial charge on any atom is 0.242 e. The molecule has 0 saturated heterocycles. The quantitative estimate of drug-likeness (QED) is 0.630. The Morgan fingerprint density at radius 1 is 1.69 bits per heavy atom. The smallest absolute Gasteiger partial charge is 0.242 e. The van der Waals surface area contributed by atoms with Crippen LogP contribution >= 0.6 is 0 Å². The molecule has 0 aliphatic heterocycles. The number of rotatable bonds is 3. The average Bonchev–Trinajstić information content (AvgIpc) is 2.57. The lowest BCUT2D eigenvalue weighted by Crippen LogP contribution is -2.28. The van der Waals surface area contributed by atoms with Gasteiger partial charge in [-0.1, -0.05) is 11.1 Å². The van der Waals surface area contributed by atoms with Gasteiger partial charge in [0, 0.05) is 6.20 Å². The normalized spacial score (nSPS) is 8.69. The van der Waals surface area contributed by atoms with E-state index in [1.165, 1.54) is 10.9 Å². The van der Waals surface area contributed by atoms with Crippen LogP contribution in [0.4, 0.5) is 0 Å². The van der Waals surface area contributed by atoms with Crippen molar-refractivity contribution in [1.82, 2.24) is 20.3 Å². The molecule has 5 nitrogen and oxygen atoms in total. The highest BCUT2D eigenvalue weighted by atomic mass is 16.2. The van der Waals surface area contributed by atoms with Crippen molar-refractivity contribution in [3.8, 4) is 11.8 Å². The molecule has 0 bridgehead atoms. The number of carbonyl (C=O) groups is 1. The Kier molecular flexibility index (Phi) is 3.51. The fourth-order valence-corrected chi connectivity index (χ4v) is 0.751. The van der Waals surface area contributed by atoms with E-state index in [2.05, 4.69) is 27.5 Å². The predicted molar refractivity (Wildman–Crippen MR) is 46.5 cm³/mol. The molecule has 0 fully saturated rings. The first-order valence-electron chi connectivity index (χ1n) is 3.83. The van der Waals surface area contributed by atoms with Crippen molar-refractivity contribution < 1.29 is 4.79 Å². The monoisotopic (exact) mass is 178 g/mol. The number of hydrogen-bond acceptors (Lipinski definition) is 3. The van der Waals surface area contributed by atoms with E-state index in [9.17, 15) is 4.79 Å². The first-order chi connectivity index (χ1) is 6.33. The van der Waals surface area contributed by atoms with Crippen LogP contribution in [0.15, 0.2) is 12.4 Å². The van der Waals surface area contributed by atoms with Gasteiger partial charge in [0.1, 0.15) is 6.54 Å². The number of hydrogen-bond donors (Lipinski definition) is 1. The maximum absolute atomic E-state index is 11.1. The third kappa shape index (κ3) is 3.38. The van der Waals surface area contributed by atoms with E-state index in [-0.39, 0.29) is 12.5 Å². The molecule has 1 heterocycles. The van der Waals surface area contributed by atoms with Gasteiger partial charge >= 0.3 is 0 Å². The molecule has 0 aliphatic rings. The minimum absolute atomic E-state index is 0.117. The molecule has 68 valence electrons. The summed E-state index contributed by atoms with van der Waals surface area (Å²) in [6, 6.07) is 0. The number of nitrogens with zero attached hydrogens (tertiary/aromatic N) is 3. The maximum atomic E-state index is 11.1. The molecule has 1 aromatic heterocycles. The highest BCUT2D eigenvalue weighted by Crippen LogP contribution is 1.79. The van der Waals surface area contributed by atoms with Crippen LogP contribution in [0.5, 0.6) is 0 Å². The minimum atomic E-state index is -0.117. The number of aromatic nitrogens is 3. The first kappa shape index (κ1) is 9.26. The lowest BCUT2D eigenvalue weighted by Gasteiger charge is -1.99. The van der Waals surface area contributed by atoms with E-state index in [0.717, 1.165) is 0 Å². The third-order valence-corrected chi connectivity index (χ3v) is 1.33. The molecule has 0 unspecified atom stereocenters. The summed E-state index contributed by atoms with van der Waals surface area (Å²) in [6.45, 7) is 2.29. The lowest BCUT2D eigenvalue weighted by molar-refractivity contribution is -0.121. The highest BCUT2D eigenvalue weighted by Gasteiger charge is 2.00. The summed E-state index contributed by atoms with van der Waals surface area (Å²) in [4.78, 5) is 11.1. The molecular weight excluding hydrogens is 168 g/mol. The van der Waals surface area contributed by atoms with Crippen LogP contribution < -0.4 is 5.32 Å². The van der Waals surface area contributed by atoms with E-state index in [1.807, 2.05) is 0 Å². The molecule has 5 heteroatoms. The van der Waals surface area contributed by atoms with Gasteiger partial charge < -0.3 is 5.32 Å². The SMILES string of the molecule is CC#CCNC(=O)Cn1ccnn1. The molecule has 0 atom stereocenters. The van der Waals surface area contributed by atoms with Gasteiger partial charge in [-0.3, -0.25) is 4.79 Å². The summed E-state index contributed by atoms with van der Waals surface area (Å²) >= 11 is 0. The van der Waals surface area contributed by atoms with Crippen LogP contribution in [0.3, 0.4) is 0 Å². The van der Waals surface area contributed by atoms with E-state index in [4.69, 9.17) is 0 Å². The van der Waals surface area contributed by atoms with Gasteiger partial charge in [0.15, 0.2) is 0 Å². The number of carbonyl (C=O) groups excluding carboxylic acids is 1. The van der Waals surface area contributed by atoms with Crippen molar-refractivity contribution in [3.05, 3.63) is 12.4 Å². The Labute approximate surface area is 76.1 Å². The van der Waals surface area contributed by atoms with Gasteiger partial charge in [0.05, 0.1) is 12.7 Å². The molecule has 0 spiro atoms. The van der Waals surface area contributed by atoms with Gasteiger partial charge in [-0.25, -0.2) is 4.68 Å². The molecule has 0 aliphatic carbocycles. The van der Waals surface area contributed by atoms with E-state index < -0.39 is 0 Å². The molecule has 1 amide bonds. The summed E-state index contributed by atoms with van der Waals surface area (Å²) in [7, 11) is 0. The van der Waals surface area contributed by atoms with Crippen LogP contribution in [0.2, 0.25) is 0 Å². The molecule has 1 N–H and O–H groups in total. The fourth-order valence-electron chi connectivity index (χ4n) is 0.751. The van der Waals surface area contributed by atoms with Crippen molar-refractivity contribution in [1.29, 1.82) is 0 Å². The zero-order chi connectivity index (χ0) is 9.52. The van der Waals surface area contributed by atoms with E-state index in [1.54, 1.807) is 13.1 Å². The molecule has 0 aromatic carbocycles. The molecule has 0 radical (unpaired) electrons. The van der Waals surface area contributed by atoms with E-state index in [0.29, 0.717) is 6.54 Å². The Hall–Kier alpha value is -1.83.